The Bertz CT molecular complexity index is 898. The summed E-state index contributed by atoms with van der Waals surface area (Å²) in [5.74, 6) is 0. The maximum absolute atomic E-state index is 5.86. The van der Waals surface area contributed by atoms with Gasteiger partial charge in [-0.15, -0.1) is 0 Å². The molecule has 0 saturated carbocycles. The van der Waals surface area contributed by atoms with Gasteiger partial charge in [0.2, 0.25) is 0 Å². The molecule has 0 N–H and O–H groups in total. The maximum atomic E-state index is 5.86. The summed E-state index contributed by atoms with van der Waals surface area (Å²) in [6, 6.07) is 23.1. The minimum absolute atomic E-state index is 0.386. The number of benzene rings is 3. The van der Waals surface area contributed by atoms with Crippen molar-refractivity contribution < 1.29 is 4.84 Å². The van der Waals surface area contributed by atoms with E-state index in [2.05, 4.69) is 67.5 Å². The predicted octanol–water partition coefficient (Wildman–Crippen LogP) is 5.19. The van der Waals surface area contributed by atoms with Crippen molar-refractivity contribution in [2.24, 2.45) is 5.16 Å². The Morgan fingerprint density at radius 3 is 2.35 bits per heavy atom. The quantitative estimate of drug-likeness (QED) is 0.638. The number of hydrogen-bond acceptors (Lipinski definition) is 2. The fourth-order valence-corrected chi connectivity index (χ4v) is 3.33. The zero-order chi connectivity index (χ0) is 15.9. The van der Waals surface area contributed by atoms with E-state index >= 15 is 0 Å². The number of aryl methyl sites for hydroxylation is 1. The number of hydrogen-bond donors (Lipinski definition) is 0. The van der Waals surface area contributed by atoms with Gasteiger partial charge in [-0.05, 0) is 35.7 Å². The fourth-order valence-electron chi connectivity index (χ4n) is 3.33. The van der Waals surface area contributed by atoms with Crippen molar-refractivity contribution in [2.45, 2.75) is 25.9 Å². The van der Waals surface area contributed by atoms with Crippen LogP contribution in [0.1, 0.15) is 30.0 Å². The van der Waals surface area contributed by atoms with Crippen LogP contribution >= 0.6 is 0 Å². The Labute approximate surface area is 136 Å². The van der Waals surface area contributed by atoms with E-state index < -0.39 is 0 Å². The van der Waals surface area contributed by atoms with Crippen LogP contribution in [0, 0.1) is 6.92 Å². The van der Waals surface area contributed by atoms with Gasteiger partial charge < -0.3 is 4.84 Å². The molecule has 1 aliphatic heterocycles. The minimum atomic E-state index is -0.386. The first kappa shape index (κ1) is 14.0. The summed E-state index contributed by atoms with van der Waals surface area (Å²) < 4.78 is 0. The van der Waals surface area contributed by atoms with Gasteiger partial charge in [0.05, 0.1) is 5.71 Å². The molecule has 0 radical (unpaired) electrons. The minimum Gasteiger partial charge on any atom is -0.384 e. The van der Waals surface area contributed by atoms with Gasteiger partial charge in [-0.3, -0.25) is 0 Å². The summed E-state index contributed by atoms with van der Waals surface area (Å²) in [6.07, 6.45) is 0.782. The molecule has 0 saturated heterocycles. The molecule has 1 unspecified atom stereocenters. The highest BCUT2D eigenvalue weighted by molar-refractivity contribution is 6.12. The average molecular weight is 301 g/mol. The Kier molecular flexibility index (Phi) is 3.19. The van der Waals surface area contributed by atoms with Gasteiger partial charge in [0.15, 0.2) is 5.60 Å². The molecule has 0 fully saturated rings. The first-order valence-electron chi connectivity index (χ1n) is 7.97. The summed E-state index contributed by atoms with van der Waals surface area (Å²) in [5.41, 5.74) is 4.26. The third-order valence-corrected chi connectivity index (χ3v) is 4.70. The topological polar surface area (TPSA) is 21.6 Å². The Morgan fingerprint density at radius 2 is 1.57 bits per heavy atom. The lowest BCUT2D eigenvalue weighted by Crippen LogP contribution is -2.21. The van der Waals surface area contributed by atoms with E-state index in [4.69, 9.17) is 4.84 Å². The summed E-state index contributed by atoms with van der Waals surface area (Å²) >= 11 is 0. The van der Waals surface area contributed by atoms with Gasteiger partial charge in [-0.1, -0.05) is 71.9 Å². The summed E-state index contributed by atoms with van der Waals surface area (Å²) in [4.78, 5) is 5.86. The average Bonchev–Trinajstić information content (AvgIpc) is 3.00. The lowest BCUT2D eigenvalue weighted by molar-refractivity contribution is -0.00738. The second-order valence-corrected chi connectivity index (χ2v) is 6.38. The van der Waals surface area contributed by atoms with E-state index in [1.165, 1.54) is 21.9 Å². The molecule has 1 atom stereocenters. The molecule has 114 valence electrons. The molecule has 3 aromatic carbocycles. The molecular weight excluding hydrogens is 282 g/mol. The molecule has 0 aliphatic carbocycles. The monoisotopic (exact) mass is 301 g/mol. The lowest BCUT2D eigenvalue weighted by Gasteiger charge is -2.21. The third kappa shape index (κ3) is 2.31. The predicted molar refractivity (Wildman–Crippen MR) is 94.7 cm³/mol. The molecule has 0 amide bonds. The molecule has 3 aromatic rings. The standard InChI is InChI=1S/C21H19NO/c1-15-12-13-19(18-11-7-6-10-17(15)18)20-14-21(2,23-22-20)16-8-4-3-5-9-16/h3-13H,14H2,1-2H3. The lowest BCUT2D eigenvalue weighted by atomic mass is 9.87. The molecule has 2 heteroatoms. The molecule has 2 nitrogen and oxygen atoms in total. The van der Waals surface area contributed by atoms with Crippen LogP contribution in [0.15, 0.2) is 71.9 Å². The van der Waals surface area contributed by atoms with Gasteiger partial charge in [-0.25, -0.2) is 0 Å². The number of rotatable bonds is 2. The molecular formula is C21H19NO. The van der Waals surface area contributed by atoms with E-state index in [0.717, 1.165) is 17.7 Å². The van der Waals surface area contributed by atoms with Crippen LogP contribution in [-0.2, 0) is 10.4 Å². The second-order valence-electron chi connectivity index (χ2n) is 6.38. The third-order valence-electron chi connectivity index (χ3n) is 4.70. The van der Waals surface area contributed by atoms with Gasteiger partial charge in [-0.2, -0.15) is 0 Å². The van der Waals surface area contributed by atoms with Crippen LogP contribution in [0.25, 0.3) is 10.8 Å². The molecule has 0 bridgehead atoms. The van der Waals surface area contributed by atoms with Crippen LogP contribution in [0.5, 0.6) is 0 Å². The number of nitrogens with zero attached hydrogens (tertiary/aromatic N) is 1. The highest BCUT2D eigenvalue weighted by Crippen LogP contribution is 2.37. The van der Waals surface area contributed by atoms with Crippen molar-refractivity contribution in [2.75, 3.05) is 0 Å². The molecule has 1 heterocycles. The van der Waals surface area contributed by atoms with Gasteiger partial charge in [0.1, 0.15) is 0 Å². The van der Waals surface area contributed by atoms with Crippen molar-refractivity contribution in [1.82, 2.24) is 0 Å². The van der Waals surface area contributed by atoms with Crippen LogP contribution in [0.2, 0.25) is 0 Å². The smallest absolute Gasteiger partial charge is 0.165 e. The first-order valence-corrected chi connectivity index (χ1v) is 7.97. The molecule has 1 aliphatic rings. The van der Waals surface area contributed by atoms with E-state index in [9.17, 15) is 0 Å². The largest absolute Gasteiger partial charge is 0.384 e. The van der Waals surface area contributed by atoms with E-state index in [1.54, 1.807) is 0 Å². The van der Waals surface area contributed by atoms with Crippen molar-refractivity contribution in [1.29, 1.82) is 0 Å². The van der Waals surface area contributed by atoms with Crippen molar-refractivity contribution in [3.05, 3.63) is 83.4 Å². The highest BCUT2D eigenvalue weighted by atomic mass is 16.7. The van der Waals surface area contributed by atoms with E-state index in [0.29, 0.717) is 0 Å². The number of oxime groups is 1. The van der Waals surface area contributed by atoms with E-state index in [1.807, 2.05) is 18.2 Å². The second kappa shape index (κ2) is 5.24. The van der Waals surface area contributed by atoms with Crippen LogP contribution in [0.4, 0.5) is 0 Å². The van der Waals surface area contributed by atoms with Crippen LogP contribution in [-0.4, -0.2) is 5.71 Å². The highest BCUT2D eigenvalue weighted by Gasteiger charge is 2.36. The Balaban J connectivity index is 1.75. The summed E-state index contributed by atoms with van der Waals surface area (Å²) in [7, 11) is 0. The number of fused-ring (bicyclic) bond motifs is 1. The fraction of sp³-hybridized carbons (Fsp3) is 0.190. The zero-order valence-corrected chi connectivity index (χ0v) is 13.4. The van der Waals surface area contributed by atoms with Crippen molar-refractivity contribution in [3.8, 4) is 0 Å². The van der Waals surface area contributed by atoms with Crippen molar-refractivity contribution >= 4 is 16.5 Å². The Morgan fingerprint density at radius 1 is 0.870 bits per heavy atom. The van der Waals surface area contributed by atoms with Crippen LogP contribution in [0.3, 0.4) is 0 Å². The normalized spacial score (nSPS) is 20.3. The van der Waals surface area contributed by atoms with Gasteiger partial charge >= 0.3 is 0 Å². The first-order chi connectivity index (χ1) is 11.2. The molecule has 0 aromatic heterocycles. The molecule has 0 spiro atoms. The SMILES string of the molecule is Cc1ccc(C2=NOC(C)(c3ccccc3)C2)c2ccccc12. The van der Waals surface area contributed by atoms with Gasteiger partial charge in [0, 0.05) is 12.0 Å². The van der Waals surface area contributed by atoms with E-state index in [-0.39, 0.29) is 5.60 Å². The molecule has 23 heavy (non-hydrogen) atoms. The zero-order valence-electron chi connectivity index (χ0n) is 13.4. The summed E-state index contributed by atoms with van der Waals surface area (Å²) in [6.45, 7) is 4.25. The Hall–Kier alpha value is -2.61. The van der Waals surface area contributed by atoms with Crippen LogP contribution < -0.4 is 0 Å². The van der Waals surface area contributed by atoms with Gasteiger partial charge in [0.25, 0.3) is 0 Å². The van der Waals surface area contributed by atoms with Crippen molar-refractivity contribution in [3.63, 3.8) is 0 Å². The molecule has 4 rings (SSSR count). The summed E-state index contributed by atoms with van der Waals surface area (Å²) in [5, 5.41) is 6.95. The maximum Gasteiger partial charge on any atom is 0.165 e.